The minimum atomic E-state index is -0.433. The standard InChI is InChI=1S/C15H18BrFN2OS/c1-9(2)20-15-6-14(13(18)5-12(15)17)19(3)7-11-4-10(16)8-21-11/h4-6,8-9H,7,18H2,1-3H3. The van der Waals surface area contributed by atoms with Gasteiger partial charge in [-0.05, 0) is 35.8 Å². The smallest absolute Gasteiger partial charge is 0.167 e. The fourth-order valence-electron chi connectivity index (χ4n) is 1.99. The summed E-state index contributed by atoms with van der Waals surface area (Å²) in [4.78, 5) is 3.18. The summed E-state index contributed by atoms with van der Waals surface area (Å²) < 4.78 is 20.4. The molecule has 1 heterocycles. The molecule has 114 valence electrons. The van der Waals surface area contributed by atoms with Gasteiger partial charge in [0.25, 0.3) is 0 Å². The van der Waals surface area contributed by atoms with Crippen molar-refractivity contribution in [3.05, 3.63) is 38.7 Å². The van der Waals surface area contributed by atoms with Crippen LogP contribution in [0.2, 0.25) is 0 Å². The van der Waals surface area contributed by atoms with Gasteiger partial charge in [0.1, 0.15) is 0 Å². The van der Waals surface area contributed by atoms with Crippen LogP contribution >= 0.6 is 27.3 Å². The Morgan fingerprint density at radius 3 is 2.67 bits per heavy atom. The van der Waals surface area contributed by atoms with Crippen molar-refractivity contribution in [3.8, 4) is 5.75 Å². The van der Waals surface area contributed by atoms with E-state index >= 15 is 0 Å². The van der Waals surface area contributed by atoms with Crippen molar-refractivity contribution in [3.63, 3.8) is 0 Å². The highest BCUT2D eigenvalue weighted by atomic mass is 79.9. The lowest BCUT2D eigenvalue weighted by Gasteiger charge is -2.22. The number of rotatable bonds is 5. The third-order valence-corrected chi connectivity index (χ3v) is 4.55. The highest BCUT2D eigenvalue weighted by molar-refractivity contribution is 9.10. The van der Waals surface area contributed by atoms with Crippen molar-refractivity contribution in [2.24, 2.45) is 0 Å². The highest BCUT2D eigenvalue weighted by Gasteiger charge is 2.14. The predicted octanol–water partition coefficient (Wildman–Crippen LogP) is 4.66. The molecule has 0 saturated heterocycles. The maximum Gasteiger partial charge on any atom is 0.167 e. The van der Waals surface area contributed by atoms with Crippen LogP contribution in [0.1, 0.15) is 18.7 Å². The number of hydrogen-bond donors (Lipinski definition) is 1. The summed E-state index contributed by atoms with van der Waals surface area (Å²) in [6, 6.07) is 5.04. The Kier molecular flexibility index (Phi) is 5.11. The lowest BCUT2D eigenvalue weighted by atomic mass is 10.2. The van der Waals surface area contributed by atoms with Crippen LogP contribution in [0.3, 0.4) is 0 Å². The number of benzene rings is 1. The largest absolute Gasteiger partial charge is 0.488 e. The van der Waals surface area contributed by atoms with Crippen LogP contribution < -0.4 is 15.4 Å². The van der Waals surface area contributed by atoms with Gasteiger partial charge in [-0.25, -0.2) is 4.39 Å². The number of anilines is 2. The molecule has 0 fully saturated rings. The fourth-order valence-corrected chi connectivity index (χ4v) is 3.49. The molecule has 0 aliphatic carbocycles. The van der Waals surface area contributed by atoms with Crippen molar-refractivity contribution >= 4 is 38.6 Å². The molecule has 0 radical (unpaired) electrons. The molecule has 0 atom stereocenters. The quantitative estimate of drug-likeness (QED) is 0.775. The summed E-state index contributed by atoms with van der Waals surface area (Å²) in [5.74, 6) is -0.203. The maximum absolute atomic E-state index is 13.9. The fraction of sp³-hybridized carbons (Fsp3) is 0.333. The first-order valence-corrected chi connectivity index (χ1v) is 8.23. The normalized spacial score (nSPS) is 11.0. The molecule has 1 aromatic carbocycles. The van der Waals surface area contributed by atoms with E-state index in [1.807, 2.05) is 31.2 Å². The molecule has 2 N–H and O–H groups in total. The zero-order valence-corrected chi connectivity index (χ0v) is 14.6. The van der Waals surface area contributed by atoms with Crippen LogP contribution in [-0.2, 0) is 6.54 Å². The minimum absolute atomic E-state index is 0.0884. The van der Waals surface area contributed by atoms with Crippen molar-refractivity contribution in [2.75, 3.05) is 17.7 Å². The van der Waals surface area contributed by atoms with Crippen LogP contribution in [0.25, 0.3) is 0 Å². The van der Waals surface area contributed by atoms with Crippen molar-refractivity contribution in [1.29, 1.82) is 0 Å². The van der Waals surface area contributed by atoms with Gasteiger partial charge < -0.3 is 15.4 Å². The molecule has 0 bridgehead atoms. The Balaban J connectivity index is 2.25. The number of nitrogens with two attached hydrogens (primary N) is 1. The third-order valence-electron chi connectivity index (χ3n) is 2.87. The van der Waals surface area contributed by atoms with E-state index in [1.54, 1.807) is 17.4 Å². The van der Waals surface area contributed by atoms with Gasteiger partial charge >= 0.3 is 0 Å². The number of halogens is 2. The van der Waals surface area contributed by atoms with Gasteiger partial charge in [-0.15, -0.1) is 11.3 Å². The molecule has 0 unspecified atom stereocenters. The number of hydrogen-bond acceptors (Lipinski definition) is 4. The Hall–Kier alpha value is -1.27. The van der Waals surface area contributed by atoms with Crippen LogP contribution in [-0.4, -0.2) is 13.2 Å². The first-order valence-electron chi connectivity index (χ1n) is 6.56. The first-order chi connectivity index (χ1) is 9.86. The van der Waals surface area contributed by atoms with Gasteiger partial charge in [0.2, 0.25) is 0 Å². The molecular formula is C15H18BrFN2OS. The molecule has 0 aliphatic heterocycles. The van der Waals surface area contributed by atoms with Gasteiger partial charge in [-0.1, -0.05) is 0 Å². The summed E-state index contributed by atoms with van der Waals surface area (Å²) in [6.07, 6.45) is -0.0884. The Bertz CT molecular complexity index is 630. The topological polar surface area (TPSA) is 38.5 Å². The van der Waals surface area contributed by atoms with Gasteiger partial charge in [0.05, 0.1) is 24.0 Å². The van der Waals surface area contributed by atoms with Crippen LogP contribution in [0.4, 0.5) is 15.8 Å². The lowest BCUT2D eigenvalue weighted by Crippen LogP contribution is -2.18. The molecule has 0 spiro atoms. The second-order valence-corrected chi connectivity index (χ2v) is 7.01. The average Bonchev–Trinajstić information content (AvgIpc) is 2.77. The Labute approximate surface area is 136 Å². The van der Waals surface area contributed by atoms with E-state index in [0.717, 1.165) is 10.2 Å². The zero-order valence-electron chi connectivity index (χ0n) is 12.2. The number of thiophene rings is 1. The first kappa shape index (κ1) is 16.1. The molecule has 0 aliphatic rings. The number of nitrogen functional groups attached to an aromatic ring is 1. The van der Waals surface area contributed by atoms with Crippen molar-refractivity contribution < 1.29 is 9.13 Å². The molecule has 2 rings (SSSR count). The predicted molar refractivity (Wildman–Crippen MR) is 90.7 cm³/mol. The molecular weight excluding hydrogens is 355 g/mol. The van der Waals surface area contributed by atoms with E-state index in [1.165, 1.54) is 10.9 Å². The summed E-state index contributed by atoms with van der Waals surface area (Å²) in [6.45, 7) is 4.43. The summed E-state index contributed by atoms with van der Waals surface area (Å²) >= 11 is 5.10. The SMILES string of the molecule is CC(C)Oc1cc(N(C)Cc2cc(Br)cs2)c(N)cc1F. The number of ether oxygens (including phenoxy) is 1. The molecule has 6 heteroatoms. The summed E-state index contributed by atoms with van der Waals surface area (Å²) in [5.41, 5.74) is 7.10. The third kappa shape index (κ3) is 4.11. The minimum Gasteiger partial charge on any atom is -0.488 e. The second-order valence-electron chi connectivity index (χ2n) is 5.10. The molecule has 2 aromatic rings. The van der Waals surface area contributed by atoms with Gasteiger partial charge in [0, 0.05) is 33.9 Å². The van der Waals surface area contributed by atoms with Gasteiger partial charge in [0.15, 0.2) is 11.6 Å². The van der Waals surface area contributed by atoms with Gasteiger partial charge in [-0.3, -0.25) is 0 Å². The average molecular weight is 373 g/mol. The van der Waals surface area contributed by atoms with Crippen molar-refractivity contribution in [1.82, 2.24) is 0 Å². The molecule has 0 saturated carbocycles. The summed E-state index contributed by atoms with van der Waals surface area (Å²) in [7, 11) is 1.93. The van der Waals surface area contributed by atoms with E-state index in [2.05, 4.69) is 22.0 Å². The highest BCUT2D eigenvalue weighted by Crippen LogP contribution is 2.32. The van der Waals surface area contributed by atoms with E-state index in [9.17, 15) is 4.39 Å². The molecule has 3 nitrogen and oxygen atoms in total. The van der Waals surface area contributed by atoms with E-state index in [4.69, 9.17) is 10.5 Å². The van der Waals surface area contributed by atoms with Crippen molar-refractivity contribution in [2.45, 2.75) is 26.5 Å². The number of nitrogens with zero attached hydrogens (tertiary/aromatic N) is 1. The van der Waals surface area contributed by atoms with Crippen LogP contribution in [0.15, 0.2) is 28.1 Å². The zero-order chi connectivity index (χ0) is 15.6. The van der Waals surface area contributed by atoms with Crippen LogP contribution in [0.5, 0.6) is 5.75 Å². The second kappa shape index (κ2) is 6.66. The molecule has 1 aromatic heterocycles. The molecule has 0 amide bonds. The van der Waals surface area contributed by atoms with E-state index < -0.39 is 5.82 Å². The van der Waals surface area contributed by atoms with Gasteiger partial charge in [-0.2, -0.15) is 0 Å². The van der Waals surface area contributed by atoms with E-state index in [-0.39, 0.29) is 11.9 Å². The lowest BCUT2D eigenvalue weighted by molar-refractivity contribution is 0.231. The monoisotopic (exact) mass is 372 g/mol. The molecule has 21 heavy (non-hydrogen) atoms. The maximum atomic E-state index is 13.9. The Morgan fingerprint density at radius 2 is 2.10 bits per heavy atom. The Morgan fingerprint density at radius 1 is 1.38 bits per heavy atom. The van der Waals surface area contributed by atoms with E-state index in [0.29, 0.717) is 12.2 Å². The summed E-state index contributed by atoms with van der Waals surface area (Å²) in [5, 5.41) is 2.03. The van der Waals surface area contributed by atoms with Crippen LogP contribution in [0, 0.1) is 5.82 Å².